The van der Waals surface area contributed by atoms with E-state index in [1.807, 2.05) is 39.0 Å². The van der Waals surface area contributed by atoms with Gasteiger partial charge in [0.2, 0.25) is 5.91 Å². The fourth-order valence-corrected chi connectivity index (χ4v) is 4.14. The van der Waals surface area contributed by atoms with Gasteiger partial charge in [-0.1, -0.05) is 32.8 Å². The first-order chi connectivity index (χ1) is 15.8. The van der Waals surface area contributed by atoms with Crippen LogP contribution in [0, 0.1) is 5.92 Å². The monoisotopic (exact) mass is 458 g/mol. The number of fused-ring (bicyclic) bond motifs is 1. The van der Waals surface area contributed by atoms with E-state index in [0.29, 0.717) is 31.6 Å². The van der Waals surface area contributed by atoms with Crippen molar-refractivity contribution in [1.29, 1.82) is 0 Å². The molecule has 1 saturated carbocycles. The van der Waals surface area contributed by atoms with Crippen LogP contribution in [-0.4, -0.2) is 48.0 Å². The van der Waals surface area contributed by atoms with E-state index < -0.39 is 0 Å². The van der Waals surface area contributed by atoms with E-state index in [1.54, 1.807) is 4.90 Å². The number of carbonyl (C=O) groups is 2. The number of nitrogens with zero attached hydrogens (tertiary/aromatic N) is 2. The lowest BCUT2D eigenvalue weighted by atomic mass is 10.1. The van der Waals surface area contributed by atoms with Gasteiger partial charge < -0.3 is 25.4 Å². The Morgan fingerprint density at radius 2 is 2.00 bits per heavy atom. The van der Waals surface area contributed by atoms with Gasteiger partial charge in [0, 0.05) is 25.1 Å². The lowest BCUT2D eigenvalue weighted by Gasteiger charge is -2.27. The Morgan fingerprint density at radius 1 is 1.24 bits per heavy atom. The highest BCUT2D eigenvalue weighted by molar-refractivity contribution is 5.87. The maximum atomic E-state index is 12.1. The Labute approximate surface area is 196 Å². The van der Waals surface area contributed by atoms with Crippen molar-refractivity contribution in [2.75, 3.05) is 13.2 Å². The summed E-state index contributed by atoms with van der Waals surface area (Å²) in [6, 6.07) is 6.11. The molecular weight excluding hydrogens is 420 g/mol. The number of nitrogens with one attached hydrogen (secondary N) is 1. The molecular formula is C25H38N4O4. The summed E-state index contributed by atoms with van der Waals surface area (Å²) in [5, 5.41) is 3.13. The first-order valence-corrected chi connectivity index (χ1v) is 12.1. The molecule has 0 saturated heterocycles. The number of aliphatic imine (C=N–C) groups is 1. The van der Waals surface area contributed by atoms with Crippen molar-refractivity contribution in [3.63, 3.8) is 0 Å². The zero-order chi connectivity index (χ0) is 23.8. The number of hydrogen-bond donors (Lipinski definition) is 2. The van der Waals surface area contributed by atoms with Crippen LogP contribution < -0.4 is 15.8 Å². The Balaban J connectivity index is 1.45. The molecule has 2 aliphatic rings. The van der Waals surface area contributed by atoms with Crippen molar-refractivity contribution in [1.82, 2.24) is 10.2 Å². The quantitative estimate of drug-likeness (QED) is 0.490. The first-order valence-electron chi connectivity index (χ1n) is 12.1. The van der Waals surface area contributed by atoms with Gasteiger partial charge in [-0.05, 0) is 50.2 Å². The molecule has 0 spiro atoms. The lowest BCUT2D eigenvalue weighted by Crippen LogP contribution is -2.42. The summed E-state index contributed by atoms with van der Waals surface area (Å²) in [5.41, 5.74) is 7.82. The van der Waals surface area contributed by atoms with Gasteiger partial charge in [-0.15, -0.1) is 0 Å². The molecule has 8 nitrogen and oxygen atoms in total. The number of amides is 1. The average molecular weight is 459 g/mol. The molecule has 1 aromatic carbocycles. The van der Waals surface area contributed by atoms with Crippen molar-refractivity contribution in [2.24, 2.45) is 16.6 Å². The number of guanidine groups is 1. The Kier molecular flexibility index (Phi) is 8.97. The SMILES string of the molecule is CC(C)COC(=O)CN1Cc2ccc(OC(C)CCCC(=O)NC3CCCC3)cc2N=C1N. The van der Waals surface area contributed by atoms with Crippen LogP contribution in [0.4, 0.5) is 5.69 Å². The molecule has 1 fully saturated rings. The molecule has 1 aliphatic heterocycles. The van der Waals surface area contributed by atoms with Crippen LogP contribution in [0.2, 0.25) is 0 Å². The molecule has 8 heteroatoms. The van der Waals surface area contributed by atoms with Crippen LogP contribution >= 0.6 is 0 Å². The minimum absolute atomic E-state index is 0.0144. The number of hydrogen-bond acceptors (Lipinski definition) is 7. The van der Waals surface area contributed by atoms with Gasteiger partial charge in [0.25, 0.3) is 0 Å². The van der Waals surface area contributed by atoms with Crippen LogP contribution in [0.5, 0.6) is 5.75 Å². The fraction of sp³-hybridized carbons (Fsp3) is 0.640. The molecule has 1 heterocycles. The van der Waals surface area contributed by atoms with Crippen LogP contribution in [0.25, 0.3) is 0 Å². The van der Waals surface area contributed by atoms with E-state index in [0.717, 1.165) is 42.7 Å². The molecule has 3 rings (SSSR count). The summed E-state index contributed by atoms with van der Waals surface area (Å²) in [6.07, 6.45) is 6.76. The maximum absolute atomic E-state index is 12.1. The second-order valence-electron chi connectivity index (χ2n) is 9.56. The molecule has 33 heavy (non-hydrogen) atoms. The van der Waals surface area contributed by atoms with Crippen LogP contribution in [0.1, 0.15) is 71.3 Å². The molecule has 182 valence electrons. The predicted molar refractivity (Wildman–Crippen MR) is 128 cm³/mol. The zero-order valence-electron chi connectivity index (χ0n) is 20.1. The van der Waals surface area contributed by atoms with Crippen molar-refractivity contribution >= 4 is 23.5 Å². The van der Waals surface area contributed by atoms with Crippen LogP contribution in [-0.2, 0) is 20.9 Å². The van der Waals surface area contributed by atoms with Crippen LogP contribution in [0.3, 0.4) is 0 Å². The summed E-state index contributed by atoms with van der Waals surface area (Å²) < 4.78 is 11.3. The molecule has 0 bridgehead atoms. The third-order valence-corrected chi connectivity index (χ3v) is 5.95. The number of benzene rings is 1. The van der Waals surface area contributed by atoms with Gasteiger partial charge >= 0.3 is 5.97 Å². The van der Waals surface area contributed by atoms with E-state index in [-0.39, 0.29) is 30.4 Å². The van der Waals surface area contributed by atoms with Crippen LogP contribution in [0.15, 0.2) is 23.2 Å². The van der Waals surface area contributed by atoms with Crippen molar-refractivity contribution < 1.29 is 19.1 Å². The van der Waals surface area contributed by atoms with Crippen molar-refractivity contribution in [3.05, 3.63) is 23.8 Å². The minimum Gasteiger partial charge on any atom is -0.491 e. The Bertz CT molecular complexity index is 849. The zero-order valence-corrected chi connectivity index (χ0v) is 20.1. The second kappa shape index (κ2) is 11.9. The third kappa shape index (κ3) is 7.94. The van der Waals surface area contributed by atoms with Crippen molar-refractivity contribution in [2.45, 2.75) is 84.4 Å². The Morgan fingerprint density at radius 3 is 2.73 bits per heavy atom. The number of ether oxygens (including phenoxy) is 2. The third-order valence-electron chi connectivity index (χ3n) is 5.95. The summed E-state index contributed by atoms with van der Waals surface area (Å²) in [5.74, 6) is 1.14. The summed E-state index contributed by atoms with van der Waals surface area (Å²) in [4.78, 5) is 30.3. The van der Waals surface area contributed by atoms with Gasteiger partial charge in [-0.3, -0.25) is 9.59 Å². The van der Waals surface area contributed by atoms with E-state index in [4.69, 9.17) is 15.2 Å². The summed E-state index contributed by atoms with van der Waals surface area (Å²) in [7, 11) is 0. The van der Waals surface area contributed by atoms with Crippen molar-refractivity contribution in [3.8, 4) is 5.75 Å². The highest BCUT2D eigenvalue weighted by Gasteiger charge is 2.22. The number of nitrogens with two attached hydrogens (primary N) is 1. The highest BCUT2D eigenvalue weighted by atomic mass is 16.5. The average Bonchev–Trinajstić information content (AvgIpc) is 3.26. The number of esters is 1. The summed E-state index contributed by atoms with van der Waals surface area (Å²) >= 11 is 0. The maximum Gasteiger partial charge on any atom is 0.325 e. The second-order valence-corrected chi connectivity index (χ2v) is 9.56. The van der Waals surface area contributed by atoms with Gasteiger partial charge in [-0.25, -0.2) is 4.99 Å². The normalized spacial score (nSPS) is 16.8. The molecule has 1 unspecified atom stereocenters. The Hall–Kier alpha value is -2.77. The standard InChI is InChI=1S/C25H38N4O4/c1-17(2)16-32-24(31)15-29-14-19-11-12-21(13-22(19)28-25(29)26)33-18(3)7-6-10-23(30)27-20-8-4-5-9-20/h11-13,17-18,20H,4-10,14-16H2,1-3H3,(H2,26,28)(H,27,30). The van der Waals surface area contributed by atoms with Gasteiger partial charge in [0.1, 0.15) is 12.3 Å². The van der Waals surface area contributed by atoms with Gasteiger partial charge in [0.15, 0.2) is 5.96 Å². The topological polar surface area (TPSA) is 106 Å². The predicted octanol–water partition coefficient (Wildman–Crippen LogP) is 3.64. The number of carbonyl (C=O) groups excluding carboxylic acids is 2. The molecule has 1 amide bonds. The van der Waals surface area contributed by atoms with Gasteiger partial charge in [-0.2, -0.15) is 0 Å². The van der Waals surface area contributed by atoms with E-state index >= 15 is 0 Å². The largest absolute Gasteiger partial charge is 0.491 e. The fourth-order valence-electron chi connectivity index (χ4n) is 4.14. The van der Waals surface area contributed by atoms with Gasteiger partial charge in [0.05, 0.1) is 18.4 Å². The molecule has 0 aromatic heterocycles. The lowest BCUT2D eigenvalue weighted by molar-refractivity contribution is -0.145. The molecule has 1 aliphatic carbocycles. The molecule has 1 aromatic rings. The van der Waals surface area contributed by atoms with E-state index in [1.165, 1.54) is 12.8 Å². The van der Waals surface area contributed by atoms with E-state index in [2.05, 4.69) is 10.3 Å². The summed E-state index contributed by atoms with van der Waals surface area (Å²) in [6.45, 7) is 6.96. The number of rotatable bonds is 11. The molecule has 0 radical (unpaired) electrons. The van der Waals surface area contributed by atoms with E-state index in [9.17, 15) is 9.59 Å². The minimum atomic E-state index is -0.309. The molecule has 3 N–H and O–H groups in total. The highest BCUT2D eigenvalue weighted by Crippen LogP contribution is 2.30. The first kappa shape index (κ1) is 24.9. The molecule has 1 atom stereocenters. The smallest absolute Gasteiger partial charge is 0.325 e.